The van der Waals surface area contributed by atoms with Crippen molar-refractivity contribution in [3.05, 3.63) is 92.4 Å². The first-order chi connectivity index (χ1) is 14.7. The molecule has 1 atom stereocenters. The van der Waals surface area contributed by atoms with Crippen molar-refractivity contribution in [1.82, 2.24) is 9.88 Å². The van der Waals surface area contributed by atoms with Gasteiger partial charge in [-0.2, -0.15) is 0 Å². The van der Waals surface area contributed by atoms with Crippen LogP contribution >= 0.6 is 11.3 Å². The summed E-state index contributed by atoms with van der Waals surface area (Å²) in [5.74, 6) is 0. The van der Waals surface area contributed by atoms with Gasteiger partial charge in [-0.25, -0.2) is 0 Å². The van der Waals surface area contributed by atoms with E-state index in [-0.39, 0.29) is 6.10 Å². The fourth-order valence-corrected chi connectivity index (χ4v) is 5.90. The van der Waals surface area contributed by atoms with E-state index < -0.39 is 0 Å². The number of hydrogen-bond donors (Lipinski definition) is 0. The molecule has 5 rings (SSSR count). The first-order valence-electron chi connectivity index (χ1n) is 10.8. The predicted octanol–water partition coefficient (Wildman–Crippen LogP) is 5.79. The average molecular weight is 417 g/mol. The maximum atomic E-state index is 5.92. The van der Waals surface area contributed by atoms with Crippen LogP contribution in [-0.4, -0.2) is 30.1 Å². The Morgan fingerprint density at radius 3 is 2.73 bits per heavy atom. The zero-order valence-electron chi connectivity index (χ0n) is 17.7. The number of likely N-dealkylation sites (tertiary alicyclic amines) is 1. The molecule has 2 aliphatic rings. The van der Waals surface area contributed by atoms with Gasteiger partial charge < -0.3 is 4.74 Å². The highest BCUT2D eigenvalue weighted by molar-refractivity contribution is 7.10. The Morgan fingerprint density at radius 1 is 1.10 bits per heavy atom. The van der Waals surface area contributed by atoms with Crippen molar-refractivity contribution >= 4 is 16.9 Å². The van der Waals surface area contributed by atoms with Gasteiger partial charge in [-0.15, -0.1) is 11.3 Å². The molecule has 0 amide bonds. The molecular formula is C26H28N2OS. The van der Waals surface area contributed by atoms with Gasteiger partial charge in [0.2, 0.25) is 0 Å². The number of thiophene rings is 1. The van der Waals surface area contributed by atoms with Crippen molar-refractivity contribution in [3.63, 3.8) is 0 Å². The van der Waals surface area contributed by atoms with E-state index in [9.17, 15) is 0 Å². The summed E-state index contributed by atoms with van der Waals surface area (Å²) >= 11 is 1.84. The lowest BCUT2D eigenvalue weighted by atomic mass is 9.87. The molecule has 4 heteroatoms. The van der Waals surface area contributed by atoms with Crippen molar-refractivity contribution in [2.75, 3.05) is 20.2 Å². The fraction of sp³-hybridized carbons (Fsp3) is 0.346. The van der Waals surface area contributed by atoms with Gasteiger partial charge in [0.25, 0.3) is 0 Å². The van der Waals surface area contributed by atoms with Crippen LogP contribution in [0.4, 0.5) is 0 Å². The van der Waals surface area contributed by atoms with Gasteiger partial charge in [-0.05, 0) is 64.6 Å². The number of aryl methyl sites for hydroxylation is 1. The molecule has 0 spiro atoms. The lowest BCUT2D eigenvalue weighted by Gasteiger charge is -2.30. The minimum atomic E-state index is 0.146. The lowest BCUT2D eigenvalue weighted by Crippen LogP contribution is -2.30. The normalized spacial score (nSPS) is 19.3. The average Bonchev–Trinajstić information content (AvgIpc) is 3.19. The molecule has 3 heterocycles. The van der Waals surface area contributed by atoms with Crippen LogP contribution in [0.1, 0.15) is 51.6 Å². The molecule has 0 radical (unpaired) electrons. The van der Waals surface area contributed by atoms with E-state index >= 15 is 0 Å². The molecule has 3 aromatic rings. The summed E-state index contributed by atoms with van der Waals surface area (Å²) in [6, 6.07) is 13.5. The Kier molecular flexibility index (Phi) is 5.55. The zero-order chi connectivity index (χ0) is 20.5. The second-order valence-electron chi connectivity index (χ2n) is 8.41. The minimum Gasteiger partial charge on any atom is -0.376 e. The number of aromatic nitrogens is 1. The number of hydrogen-bond acceptors (Lipinski definition) is 4. The number of fused-ring (bicyclic) bond motifs is 2. The minimum absolute atomic E-state index is 0.146. The van der Waals surface area contributed by atoms with Crippen molar-refractivity contribution < 1.29 is 4.74 Å². The second-order valence-corrected chi connectivity index (χ2v) is 9.36. The molecular weight excluding hydrogens is 388 g/mol. The largest absolute Gasteiger partial charge is 0.376 e. The van der Waals surface area contributed by atoms with Gasteiger partial charge in [0.05, 0.1) is 6.10 Å². The Labute approximate surface area is 183 Å². The SMILES string of the molecule is COC1Cc2ccccc2C(=C2CCN(Cc3cncc(C)c3)CC2)c2ccsc21. The Morgan fingerprint density at radius 2 is 1.93 bits per heavy atom. The lowest BCUT2D eigenvalue weighted by molar-refractivity contribution is 0.107. The number of methoxy groups -OCH3 is 1. The molecule has 0 N–H and O–H groups in total. The third kappa shape index (κ3) is 3.76. The Hall–Kier alpha value is -2.27. The number of piperidine rings is 1. The van der Waals surface area contributed by atoms with Crippen molar-refractivity contribution in [2.24, 2.45) is 0 Å². The number of benzene rings is 1. The molecule has 2 aromatic heterocycles. The molecule has 30 heavy (non-hydrogen) atoms. The number of pyridine rings is 1. The maximum Gasteiger partial charge on any atom is 0.0959 e. The summed E-state index contributed by atoms with van der Waals surface area (Å²) < 4.78 is 5.92. The summed E-state index contributed by atoms with van der Waals surface area (Å²) in [6.45, 7) is 5.30. The van der Waals surface area contributed by atoms with Gasteiger partial charge in [-0.3, -0.25) is 9.88 Å². The van der Waals surface area contributed by atoms with Gasteiger partial charge >= 0.3 is 0 Å². The van der Waals surface area contributed by atoms with E-state index in [1.165, 1.54) is 38.3 Å². The smallest absolute Gasteiger partial charge is 0.0959 e. The van der Waals surface area contributed by atoms with Gasteiger partial charge in [-0.1, -0.05) is 35.9 Å². The third-order valence-electron chi connectivity index (χ3n) is 6.38. The van der Waals surface area contributed by atoms with Crippen molar-refractivity contribution in [3.8, 4) is 0 Å². The van der Waals surface area contributed by atoms with Gasteiger partial charge in [0.1, 0.15) is 0 Å². The molecule has 1 aromatic carbocycles. The monoisotopic (exact) mass is 416 g/mol. The molecule has 3 nitrogen and oxygen atoms in total. The van der Waals surface area contributed by atoms with Gasteiger partial charge in [0, 0.05) is 50.4 Å². The summed E-state index contributed by atoms with van der Waals surface area (Å²) in [7, 11) is 1.84. The molecule has 0 saturated carbocycles. The highest BCUT2D eigenvalue weighted by Crippen LogP contribution is 2.44. The second kappa shape index (κ2) is 8.46. The molecule has 154 valence electrons. The maximum absolute atomic E-state index is 5.92. The Balaban J connectivity index is 1.47. The van der Waals surface area contributed by atoms with Gasteiger partial charge in [0.15, 0.2) is 0 Å². The molecule has 1 aliphatic heterocycles. The fourth-order valence-electron chi connectivity index (χ4n) is 4.92. The van der Waals surface area contributed by atoms with E-state index in [1.807, 2.05) is 30.8 Å². The van der Waals surface area contributed by atoms with Crippen LogP contribution in [0.5, 0.6) is 0 Å². The highest BCUT2D eigenvalue weighted by Gasteiger charge is 2.29. The topological polar surface area (TPSA) is 25.4 Å². The van der Waals surface area contributed by atoms with Crippen LogP contribution in [0, 0.1) is 6.92 Å². The molecule has 0 bridgehead atoms. The predicted molar refractivity (Wildman–Crippen MR) is 124 cm³/mol. The first kappa shape index (κ1) is 19.7. The number of rotatable bonds is 3. The third-order valence-corrected chi connectivity index (χ3v) is 7.39. The van der Waals surface area contributed by atoms with Crippen molar-refractivity contribution in [1.29, 1.82) is 0 Å². The molecule has 1 unspecified atom stereocenters. The van der Waals surface area contributed by atoms with Crippen LogP contribution in [-0.2, 0) is 17.7 Å². The van der Waals surface area contributed by atoms with E-state index in [1.54, 1.807) is 5.57 Å². The first-order valence-corrected chi connectivity index (χ1v) is 11.6. The van der Waals surface area contributed by atoms with E-state index in [2.05, 4.69) is 58.6 Å². The van der Waals surface area contributed by atoms with Crippen LogP contribution in [0.2, 0.25) is 0 Å². The van der Waals surface area contributed by atoms with E-state index in [0.29, 0.717) is 0 Å². The van der Waals surface area contributed by atoms with E-state index in [0.717, 1.165) is 38.9 Å². The molecule has 1 aliphatic carbocycles. The molecule has 1 saturated heterocycles. The Bertz CT molecular complexity index is 1070. The highest BCUT2D eigenvalue weighted by atomic mass is 32.1. The standard InChI is InChI=1S/C26H28N2OS/c1-18-13-19(16-27-15-18)17-28-10-7-20(8-11-28)25-22-6-4-3-5-21(22)14-24(29-2)26-23(25)9-12-30-26/h3-6,9,12-13,15-16,24H,7-8,10-11,14,17H2,1-2H3. The zero-order valence-corrected chi connectivity index (χ0v) is 18.5. The molecule has 1 fully saturated rings. The summed E-state index contributed by atoms with van der Waals surface area (Å²) in [5.41, 5.74) is 9.82. The van der Waals surface area contributed by atoms with Crippen LogP contribution in [0.25, 0.3) is 5.57 Å². The van der Waals surface area contributed by atoms with Crippen LogP contribution < -0.4 is 0 Å². The van der Waals surface area contributed by atoms with E-state index in [4.69, 9.17) is 4.74 Å². The summed E-state index contributed by atoms with van der Waals surface area (Å²) in [4.78, 5) is 8.31. The van der Waals surface area contributed by atoms with Crippen molar-refractivity contribution in [2.45, 2.75) is 38.8 Å². The quantitative estimate of drug-likeness (QED) is 0.540. The summed E-state index contributed by atoms with van der Waals surface area (Å²) in [6.07, 6.45) is 7.27. The van der Waals surface area contributed by atoms with Crippen LogP contribution in [0.15, 0.2) is 59.7 Å². The number of ether oxygens (including phenoxy) is 1. The summed E-state index contributed by atoms with van der Waals surface area (Å²) in [5, 5.41) is 2.23. The van der Waals surface area contributed by atoms with Crippen LogP contribution in [0.3, 0.4) is 0 Å². The number of nitrogens with zero attached hydrogens (tertiary/aromatic N) is 2.